The van der Waals surface area contributed by atoms with Crippen LogP contribution in [-0.4, -0.2) is 44.2 Å². The summed E-state index contributed by atoms with van der Waals surface area (Å²) in [4.78, 5) is 6.79. The van der Waals surface area contributed by atoms with Crippen LogP contribution in [0.25, 0.3) is 11.0 Å². The van der Waals surface area contributed by atoms with Gasteiger partial charge in [-0.3, -0.25) is 4.99 Å². The van der Waals surface area contributed by atoms with Gasteiger partial charge in [-0.15, -0.1) is 0 Å². The van der Waals surface area contributed by atoms with E-state index in [1.165, 1.54) is 12.8 Å². The Balaban J connectivity index is 1.41. The van der Waals surface area contributed by atoms with Gasteiger partial charge in [0.15, 0.2) is 5.96 Å². The standard InChI is InChI=1S/C18H23N3O2/c1-19-17(21-8-6-18(12-21)7-9-22-13-18)20-11-15-10-14-4-2-3-5-16(14)23-15/h2-5,10H,6-9,11-13H2,1H3,(H,19,20). The molecule has 2 aliphatic heterocycles. The fraction of sp³-hybridized carbons (Fsp3) is 0.500. The van der Waals surface area contributed by atoms with E-state index >= 15 is 0 Å². The van der Waals surface area contributed by atoms with Gasteiger partial charge < -0.3 is 19.4 Å². The van der Waals surface area contributed by atoms with Gasteiger partial charge in [0.25, 0.3) is 0 Å². The molecule has 5 heteroatoms. The Labute approximate surface area is 136 Å². The number of aliphatic imine (C=N–C) groups is 1. The lowest BCUT2D eigenvalue weighted by molar-refractivity contribution is 0.156. The summed E-state index contributed by atoms with van der Waals surface area (Å²) in [5.41, 5.74) is 1.28. The summed E-state index contributed by atoms with van der Waals surface area (Å²) in [7, 11) is 1.84. The van der Waals surface area contributed by atoms with Gasteiger partial charge in [-0.25, -0.2) is 0 Å². The van der Waals surface area contributed by atoms with Gasteiger partial charge >= 0.3 is 0 Å². The number of para-hydroxylation sites is 1. The Kier molecular flexibility index (Phi) is 3.73. The molecule has 1 unspecified atom stereocenters. The number of nitrogens with one attached hydrogen (secondary N) is 1. The fourth-order valence-electron chi connectivity index (χ4n) is 3.71. The number of benzene rings is 1. The van der Waals surface area contributed by atoms with Gasteiger partial charge in [0.1, 0.15) is 11.3 Å². The van der Waals surface area contributed by atoms with Crippen LogP contribution < -0.4 is 5.32 Å². The summed E-state index contributed by atoms with van der Waals surface area (Å²) in [6, 6.07) is 10.2. The number of fused-ring (bicyclic) bond motifs is 1. The predicted molar refractivity (Wildman–Crippen MR) is 90.5 cm³/mol. The molecule has 122 valence electrons. The highest BCUT2D eigenvalue weighted by molar-refractivity contribution is 5.81. The highest BCUT2D eigenvalue weighted by atomic mass is 16.5. The van der Waals surface area contributed by atoms with E-state index in [9.17, 15) is 0 Å². The lowest BCUT2D eigenvalue weighted by Crippen LogP contribution is -2.41. The van der Waals surface area contributed by atoms with Crippen molar-refractivity contribution in [3.8, 4) is 0 Å². The van der Waals surface area contributed by atoms with Gasteiger partial charge in [-0.1, -0.05) is 18.2 Å². The minimum absolute atomic E-state index is 0.344. The smallest absolute Gasteiger partial charge is 0.194 e. The summed E-state index contributed by atoms with van der Waals surface area (Å²) in [6.07, 6.45) is 2.36. The van der Waals surface area contributed by atoms with Crippen molar-refractivity contribution >= 4 is 16.9 Å². The van der Waals surface area contributed by atoms with Gasteiger partial charge in [0.05, 0.1) is 13.2 Å². The number of guanidine groups is 1. The van der Waals surface area contributed by atoms with Crippen LogP contribution in [0, 0.1) is 5.41 Å². The molecule has 2 saturated heterocycles. The quantitative estimate of drug-likeness (QED) is 0.684. The summed E-state index contributed by atoms with van der Waals surface area (Å²) < 4.78 is 11.5. The number of hydrogen-bond acceptors (Lipinski definition) is 3. The van der Waals surface area contributed by atoms with Crippen molar-refractivity contribution in [3.05, 3.63) is 36.1 Å². The van der Waals surface area contributed by atoms with Crippen molar-refractivity contribution in [1.29, 1.82) is 0 Å². The third-order valence-corrected chi connectivity index (χ3v) is 5.03. The fourth-order valence-corrected chi connectivity index (χ4v) is 3.71. The van der Waals surface area contributed by atoms with E-state index in [0.717, 1.165) is 49.0 Å². The van der Waals surface area contributed by atoms with Crippen LogP contribution in [0.5, 0.6) is 0 Å². The normalized spacial score (nSPS) is 24.9. The van der Waals surface area contributed by atoms with E-state index in [1.54, 1.807) is 0 Å². The number of ether oxygens (including phenoxy) is 1. The van der Waals surface area contributed by atoms with Crippen LogP contribution in [0.3, 0.4) is 0 Å². The Morgan fingerprint density at radius 3 is 3.04 bits per heavy atom. The lowest BCUT2D eigenvalue weighted by Gasteiger charge is -2.24. The highest BCUT2D eigenvalue weighted by Gasteiger charge is 2.42. The molecule has 0 bridgehead atoms. The number of rotatable bonds is 2. The van der Waals surface area contributed by atoms with Gasteiger partial charge in [-0.2, -0.15) is 0 Å². The minimum atomic E-state index is 0.344. The zero-order valence-electron chi connectivity index (χ0n) is 13.5. The largest absolute Gasteiger partial charge is 0.459 e. The van der Waals surface area contributed by atoms with Crippen molar-refractivity contribution in [1.82, 2.24) is 10.2 Å². The van der Waals surface area contributed by atoms with Crippen molar-refractivity contribution in [2.24, 2.45) is 10.4 Å². The molecule has 1 aromatic carbocycles. The Hall–Kier alpha value is -2.01. The first-order chi connectivity index (χ1) is 11.3. The monoisotopic (exact) mass is 313 g/mol. The van der Waals surface area contributed by atoms with Crippen LogP contribution >= 0.6 is 0 Å². The molecule has 3 heterocycles. The Morgan fingerprint density at radius 2 is 2.26 bits per heavy atom. The maximum absolute atomic E-state index is 5.86. The van der Waals surface area contributed by atoms with Crippen LogP contribution in [0.15, 0.2) is 39.7 Å². The van der Waals surface area contributed by atoms with Gasteiger partial charge in [0.2, 0.25) is 0 Å². The third-order valence-electron chi connectivity index (χ3n) is 5.03. The van der Waals surface area contributed by atoms with E-state index in [0.29, 0.717) is 12.0 Å². The molecule has 2 aromatic rings. The predicted octanol–water partition coefficient (Wildman–Crippen LogP) is 2.62. The highest BCUT2D eigenvalue weighted by Crippen LogP contribution is 2.38. The van der Waals surface area contributed by atoms with Crippen LogP contribution in [0.2, 0.25) is 0 Å². The molecule has 2 aliphatic rings. The average molecular weight is 313 g/mol. The Bertz CT molecular complexity index is 683. The zero-order chi connectivity index (χ0) is 15.7. The second-order valence-electron chi connectivity index (χ2n) is 6.63. The molecule has 1 spiro atoms. The molecule has 5 nitrogen and oxygen atoms in total. The Morgan fingerprint density at radius 1 is 1.35 bits per heavy atom. The molecule has 2 fully saturated rings. The average Bonchev–Trinajstić information content (AvgIpc) is 3.29. The molecular formula is C18H23N3O2. The molecule has 0 saturated carbocycles. The number of nitrogens with zero attached hydrogens (tertiary/aromatic N) is 2. The topological polar surface area (TPSA) is 50.0 Å². The molecular weight excluding hydrogens is 290 g/mol. The molecule has 1 atom stereocenters. The second kappa shape index (κ2) is 5.89. The molecule has 1 N–H and O–H groups in total. The first-order valence-corrected chi connectivity index (χ1v) is 8.29. The summed E-state index contributed by atoms with van der Waals surface area (Å²) in [5, 5.41) is 4.58. The third kappa shape index (κ3) is 2.81. The summed E-state index contributed by atoms with van der Waals surface area (Å²) in [5.74, 6) is 1.89. The molecule has 4 rings (SSSR count). The van der Waals surface area contributed by atoms with E-state index in [4.69, 9.17) is 9.15 Å². The minimum Gasteiger partial charge on any atom is -0.459 e. The molecule has 0 radical (unpaired) electrons. The maximum Gasteiger partial charge on any atom is 0.194 e. The number of hydrogen-bond donors (Lipinski definition) is 1. The van der Waals surface area contributed by atoms with Crippen molar-refractivity contribution < 1.29 is 9.15 Å². The van der Waals surface area contributed by atoms with E-state index in [2.05, 4.69) is 27.3 Å². The first kappa shape index (κ1) is 14.6. The van der Waals surface area contributed by atoms with E-state index in [-0.39, 0.29) is 0 Å². The van der Waals surface area contributed by atoms with E-state index in [1.807, 2.05) is 25.2 Å². The second-order valence-corrected chi connectivity index (χ2v) is 6.63. The summed E-state index contributed by atoms with van der Waals surface area (Å²) in [6.45, 7) is 4.53. The molecule has 23 heavy (non-hydrogen) atoms. The SMILES string of the molecule is CN=C(NCc1cc2ccccc2o1)N1CCC2(CCOC2)C1. The van der Waals surface area contributed by atoms with Crippen LogP contribution in [0.1, 0.15) is 18.6 Å². The zero-order valence-corrected chi connectivity index (χ0v) is 13.5. The van der Waals surface area contributed by atoms with E-state index < -0.39 is 0 Å². The number of furan rings is 1. The molecule has 0 amide bonds. The molecule has 1 aromatic heterocycles. The van der Waals surface area contributed by atoms with Crippen LogP contribution in [0.4, 0.5) is 0 Å². The lowest BCUT2D eigenvalue weighted by atomic mass is 9.87. The van der Waals surface area contributed by atoms with Crippen molar-refractivity contribution in [3.63, 3.8) is 0 Å². The summed E-state index contributed by atoms with van der Waals surface area (Å²) >= 11 is 0. The molecule has 0 aliphatic carbocycles. The van der Waals surface area contributed by atoms with Crippen molar-refractivity contribution in [2.45, 2.75) is 19.4 Å². The van der Waals surface area contributed by atoms with Gasteiger partial charge in [-0.05, 0) is 25.0 Å². The van der Waals surface area contributed by atoms with Crippen LogP contribution in [-0.2, 0) is 11.3 Å². The van der Waals surface area contributed by atoms with Gasteiger partial charge in [0, 0.05) is 37.5 Å². The number of likely N-dealkylation sites (tertiary alicyclic amines) is 1. The van der Waals surface area contributed by atoms with Crippen molar-refractivity contribution in [2.75, 3.05) is 33.4 Å². The maximum atomic E-state index is 5.86. The first-order valence-electron chi connectivity index (χ1n) is 8.29.